The molecule has 2 atom stereocenters. The fourth-order valence-electron chi connectivity index (χ4n) is 4.56. The lowest BCUT2D eigenvalue weighted by Crippen LogP contribution is -2.61. The average Bonchev–Trinajstić information content (AvgIpc) is 3.32. The van der Waals surface area contributed by atoms with Crippen molar-refractivity contribution in [3.05, 3.63) is 64.2 Å². The van der Waals surface area contributed by atoms with E-state index in [1.54, 1.807) is 42.3 Å². The first-order valence-corrected chi connectivity index (χ1v) is 10.6. The van der Waals surface area contributed by atoms with E-state index in [1.807, 2.05) is 0 Å². The van der Waals surface area contributed by atoms with Gasteiger partial charge in [0, 0.05) is 43.5 Å². The highest BCUT2D eigenvalue weighted by Gasteiger charge is 2.53. The molecule has 170 valence electrons. The number of rotatable bonds is 4. The molecule has 2 aromatic rings. The molecule has 0 spiro atoms. The van der Waals surface area contributed by atoms with Crippen molar-refractivity contribution in [2.75, 3.05) is 25.5 Å². The summed E-state index contributed by atoms with van der Waals surface area (Å²) in [4.78, 5) is 40.2. The van der Waals surface area contributed by atoms with Crippen molar-refractivity contribution in [1.29, 1.82) is 5.41 Å². The van der Waals surface area contributed by atoms with Gasteiger partial charge in [0.1, 0.15) is 5.84 Å². The van der Waals surface area contributed by atoms with Gasteiger partial charge in [-0.1, -0.05) is 12.1 Å². The third-order valence-corrected chi connectivity index (χ3v) is 6.31. The van der Waals surface area contributed by atoms with E-state index in [0.717, 1.165) is 16.7 Å². The molecule has 0 saturated carbocycles. The Balaban J connectivity index is 1.48. The molecule has 5 rings (SSSR count). The summed E-state index contributed by atoms with van der Waals surface area (Å²) in [5, 5.41) is 27.2. The molecule has 3 aliphatic rings. The van der Waals surface area contributed by atoms with Crippen LogP contribution in [0.4, 0.5) is 5.69 Å². The van der Waals surface area contributed by atoms with E-state index in [2.05, 4.69) is 16.0 Å². The van der Waals surface area contributed by atoms with Gasteiger partial charge < -0.3 is 30.7 Å². The summed E-state index contributed by atoms with van der Waals surface area (Å²) >= 11 is 0. The largest absolute Gasteiger partial charge is 0.379 e. The van der Waals surface area contributed by atoms with Gasteiger partial charge in [-0.15, -0.1) is 0 Å². The predicted octanol–water partition coefficient (Wildman–Crippen LogP) is 0.0421. The van der Waals surface area contributed by atoms with Crippen LogP contribution in [0.5, 0.6) is 0 Å². The summed E-state index contributed by atoms with van der Waals surface area (Å²) in [7, 11) is 1.68. The van der Waals surface area contributed by atoms with Crippen LogP contribution < -0.4 is 16.0 Å². The molecule has 1 fully saturated rings. The van der Waals surface area contributed by atoms with E-state index in [0.29, 0.717) is 30.2 Å². The number of anilines is 1. The highest BCUT2D eigenvalue weighted by molar-refractivity contribution is 6.04. The smallest absolute Gasteiger partial charge is 0.260 e. The number of carbonyl (C=O) groups excluding carboxylic acids is 3. The standard InChI is InChI=1S/C23H23N5O5/c1-28-11-12-2-3-14(9-17(12)21(28)31)23(22(32)25-6-7-33-23)18(29)20(30)27-15-4-5-16-13(8-15)10-26-19(16)24/h2-5,8-9,18,29H,6-7,10-11H2,1H3,(H2,24,26)(H,25,32)(H,27,30)/t18-,23+/m0/s1. The second-order valence-electron chi connectivity index (χ2n) is 8.37. The van der Waals surface area contributed by atoms with Crippen LogP contribution in [0.25, 0.3) is 0 Å². The molecule has 2 aromatic carbocycles. The molecular formula is C23H23N5O5. The molecule has 3 heterocycles. The normalized spacial score (nSPS) is 22.4. The summed E-state index contributed by atoms with van der Waals surface area (Å²) < 4.78 is 5.81. The highest BCUT2D eigenvalue weighted by Crippen LogP contribution is 2.36. The zero-order valence-corrected chi connectivity index (χ0v) is 17.9. The third-order valence-electron chi connectivity index (χ3n) is 6.31. The fraction of sp³-hybridized carbons (Fsp3) is 0.304. The van der Waals surface area contributed by atoms with Gasteiger partial charge in [0.15, 0.2) is 6.10 Å². The van der Waals surface area contributed by atoms with Gasteiger partial charge in [-0.05, 0) is 41.0 Å². The van der Waals surface area contributed by atoms with Crippen LogP contribution in [-0.4, -0.2) is 59.9 Å². The number of morpholine rings is 1. The van der Waals surface area contributed by atoms with Crippen molar-refractivity contribution < 1.29 is 24.2 Å². The Morgan fingerprint density at radius 2 is 2.00 bits per heavy atom. The third kappa shape index (κ3) is 3.26. The summed E-state index contributed by atoms with van der Waals surface area (Å²) in [6.45, 7) is 1.24. The summed E-state index contributed by atoms with van der Waals surface area (Å²) in [6.07, 6.45) is -1.88. The van der Waals surface area contributed by atoms with E-state index in [1.165, 1.54) is 6.07 Å². The fourth-order valence-corrected chi connectivity index (χ4v) is 4.56. The molecular weight excluding hydrogens is 426 g/mol. The van der Waals surface area contributed by atoms with Gasteiger partial charge in [-0.25, -0.2) is 0 Å². The van der Waals surface area contributed by atoms with Gasteiger partial charge in [-0.3, -0.25) is 19.8 Å². The number of benzene rings is 2. The summed E-state index contributed by atoms with van der Waals surface area (Å²) in [5.41, 5.74) is 1.45. The van der Waals surface area contributed by atoms with Crippen LogP contribution in [-0.2, 0) is 33.0 Å². The Labute approximate surface area is 189 Å². The predicted molar refractivity (Wildman–Crippen MR) is 118 cm³/mol. The maximum absolute atomic E-state index is 13.1. The Hall–Kier alpha value is -3.76. The van der Waals surface area contributed by atoms with E-state index in [9.17, 15) is 19.5 Å². The van der Waals surface area contributed by atoms with Crippen molar-refractivity contribution in [2.45, 2.75) is 24.8 Å². The molecule has 10 heteroatoms. The van der Waals surface area contributed by atoms with Crippen LogP contribution >= 0.6 is 0 Å². The quantitative estimate of drug-likeness (QED) is 0.446. The molecule has 0 radical (unpaired) electrons. The van der Waals surface area contributed by atoms with Crippen LogP contribution in [0.1, 0.15) is 32.6 Å². The topological polar surface area (TPSA) is 144 Å². The van der Waals surface area contributed by atoms with Crippen molar-refractivity contribution in [1.82, 2.24) is 15.5 Å². The summed E-state index contributed by atoms with van der Waals surface area (Å²) in [6, 6.07) is 9.90. The number of nitrogens with zero attached hydrogens (tertiary/aromatic N) is 1. The Morgan fingerprint density at radius 3 is 2.79 bits per heavy atom. The number of hydrogen-bond donors (Lipinski definition) is 5. The number of nitrogens with one attached hydrogen (secondary N) is 4. The number of amides is 3. The lowest BCUT2D eigenvalue weighted by Gasteiger charge is -2.39. The minimum atomic E-state index is -2.00. The van der Waals surface area contributed by atoms with Crippen molar-refractivity contribution in [3.8, 4) is 0 Å². The molecule has 1 saturated heterocycles. The van der Waals surface area contributed by atoms with Crippen molar-refractivity contribution >= 4 is 29.2 Å². The molecule has 3 amide bonds. The van der Waals surface area contributed by atoms with E-state index in [-0.39, 0.29) is 24.6 Å². The first-order valence-electron chi connectivity index (χ1n) is 10.6. The van der Waals surface area contributed by atoms with E-state index < -0.39 is 23.5 Å². The molecule has 0 unspecified atom stereocenters. The Bertz CT molecular complexity index is 1210. The van der Waals surface area contributed by atoms with Crippen LogP contribution in [0.15, 0.2) is 36.4 Å². The van der Waals surface area contributed by atoms with E-state index >= 15 is 0 Å². The minimum absolute atomic E-state index is 0.0909. The number of amidine groups is 1. The van der Waals surface area contributed by atoms with E-state index in [4.69, 9.17) is 10.1 Å². The summed E-state index contributed by atoms with van der Waals surface area (Å²) in [5.74, 6) is -1.36. The second-order valence-corrected chi connectivity index (χ2v) is 8.37. The number of aliphatic hydroxyl groups excluding tert-OH is 1. The zero-order valence-electron chi connectivity index (χ0n) is 17.9. The van der Waals surface area contributed by atoms with Crippen LogP contribution in [0.3, 0.4) is 0 Å². The van der Waals surface area contributed by atoms with Crippen LogP contribution in [0.2, 0.25) is 0 Å². The molecule has 3 aliphatic heterocycles. The average molecular weight is 449 g/mol. The van der Waals surface area contributed by atoms with Crippen molar-refractivity contribution in [3.63, 3.8) is 0 Å². The Morgan fingerprint density at radius 1 is 1.18 bits per heavy atom. The number of ether oxygens (including phenoxy) is 1. The molecule has 0 aromatic heterocycles. The van der Waals surface area contributed by atoms with Gasteiger partial charge in [0.05, 0.1) is 6.61 Å². The van der Waals surface area contributed by atoms with Crippen LogP contribution in [0, 0.1) is 5.41 Å². The molecule has 10 nitrogen and oxygen atoms in total. The maximum atomic E-state index is 13.1. The Kier molecular flexibility index (Phi) is 4.91. The van der Waals surface area contributed by atoms with Gasteiger partial charge >= 0.3 is 0 Å². The molecule has 0 bridgehead atoms. The van der Waals surface area contributed by atoms with Gasteiger partial charge in [-0.2, -0.15) is 0 Å². The zero-order chi connectivity index (χ0) is 23.3. The number of carbonyl (C=O) groups is 3. The maximum Gasteiger partial charge on any atom is 0.260 e. The van der Waals surface area contributed by atoms with Gasteiger partial charge in [0.25, 0.3) is 17.7 Å². The first kappa shape index (κ1) is 21.1. The number of aliphatic hydroxyl groups is 1. The number of fused-ring (bicyclic) bond motifs is 2. The van der Waals surface area contributed by atoms with Crippen molar-refractivity contribution in [2.24, 2.45) is 0 Å². The number of hydrogen-bond acceptors (Lipinski definition) is 6. The van der Waals surface area contributed by atoms with Gasteiger partial charge in [0.2, 0.25) is 5.60 Å². The lowest BCUT2D eigenvalue weighted by molar-refractivity contribution is -0.180. The second kappa shape index (κ2) is 7.68. The SMILES string of the molecule is CN1Cc2ccc([C@]3([C@@H](O)C(=O)Nc4ccc5c(c4)CNC5=N)OCCNC3=O)cc2C1=O. The first-order chi connectivity index (χ1) is 15.8. The minimum Gasteiger partial charge on any atom is -0.379 e. The molecule has 5 N–H and O–H groups in total. The molecule has 0 aliphatic carbocycles. The highest BCUT2D eigenvalue weighted by atomic mass is 16.5. The molecule has 33 heavy (non-hydrogen) atoms. The lowest BCUT2D eigenvalue weighted by atomic mass is 9.83. The monoisotopic (exact) mass is 449 g/mol.